The Morgan fingerprint density at radius 3 is 2.64 bits per heavy atom. The number of fused-ring (bicyclic) bond motifs is 1. The molecule has 0 amide bonds. The summed E-state index contributed by atoms with van der Waals surface area (Å²) in [6.07, 6.45) is 2.11. The summed E-state index contributed by atoms with van der Waals surface area (Å²) < 4.78 is 13.3. The maximum Gasteiger partial charge on any atom is 0.123 e. The van der Waals surface area contributed by atoms with Gasteiger partial charge in [-0.15, -0.1) is 0 Å². The standard InChI is InChI=1S/C18H18ClNO2/c1-3-20-11-13(18-16(19)8-5-9-17(18)20)12-22-15-7-4-6-14(10-15)21-2/h4-11H,3,12H2,1-2H3. The molecular formula is C18H18ClNO2. The Morgan fingerprint density at radius 2 is 1.86 bits per heavy atom. The SMILES string of the molecule is CCn1cc(COc2cccc(OC)c2)c2c(Cl)cccc21. The third kappa shape index (κ3) is 2.77. The number of hydrogen-bond acceptors (Lipinski definition) is 2. The maximum absolute atomic E-state index is 6.37. The zero-order chi connectivity index (χ0) is 15.5. The zero-order valence-electron chi connectivity index (χ0n) is 12.7. The molecular weight excluding hydrogens is 298 g/mol. The van der Waals surface area contributed by atoms with Crippen molar-refractivity contribution < 1.29 is 9.47 Å². The molecule has 114 valence electrons. The van der Waals surface area contributed by atoms with Crippen LogP contribution in [0, 0.1) is 0 Å². The molecule has 0 bridgehead atoms. The molecule has 3 aromatic rings. The minimum Gasteiger partial charge on any atom is -0.497 e. The highest BCUT2D eigenvalue weighted by Crippen LogP contribution is 2.30. The van der Waals surface area contributed by atoms with E-state index in [4.69, 9.17) is 21.1 Å². The molecule has 2 aromatic carbocycles. The highest BCUT2D eigenvalue weighted by Gasteiger charge is 2.11. The number of benzene rings is 2. The average molecular weight is 316 g/mol. The minimum absolute atomic E-state index is 0.473. The van der Waals surface area contributed by atoms with Gasteiger partial charge in [-0.25, -0.2) is 0 Å². The Labute approximate surface area is 135 Å². The Kier molecular flexibility index (Phi) is 4.25. The van der Waals surface area contributed by atoms with Gasteiger partial charge in [0.05, 0.1) is 12.1 Å². The Balaban J connectivity index is 1.90. The van der Waals surface area contributed by atoms with Crippen LogP contribution in [-0.4, -0.2) is 11.7 Å². The molecule has 0 saturated heterocycles. The van der Waals surface area contributed by atoms with Crippen LogP contribution in [0.4, 0.5) is 0 Å². The van der Waals surface area contributed by atoms with Gasteiger partial charge in [0.15, 0.2) is 0 Å². The molecule has 0 radical (unpaired) electrons. The predicted octanol–water partition coefficient (Wildman–Crippen LogP) is 4.90. The van der Waals surface area contributed by atoms with E-state index in [2.05, 4.69) is 23.8 Å². The maximum atomic E-state index is 6.37. The number of aromatic nitrogens is 1. The van der Waals surface area contributed by atoms with E-state index in [1.54, 1.807) is 7.11 Å². The smallest absolute Gasteiger partial charge is 0.123 e. The van der Waals surface area contributed by atoms with E-state index in [1.165, 1.54) is 0 Å². The van der Waals surface area contributed by atoms with Gasteiger partial charge in [-0.1, -0.05) is 23.7 Å². The lowest BCUT2D eigenvalue weighted by molar-refractivity contribution is 0.304. The number of methoxy groups -OCH3 is 1. The summed E-state index contributed by atoms with van der Waals surface area (Å²) >= 11 is 6.37. The van der Waals surface area contributed by atoms with Crippen molar-refractivity contribution in [1.82, 2.24) is 4.57 Å². The molecule has 0 spiro atoms. The lowest BCUT2D eigenvalue weighted by atomic mass is 10.2. The molecule has 0 atom stereocenters. The summed E-state index contributed by atoms with van der Waals surface area (Å²) in [5.41, 5.74) is 2.23. The summed E-state index contributed by atoms with van der Waals surface area (Å²) in [6.45, 7) is 3.49. The lowest BCUT2D eigenvalue weighted by Gasteiger charge is -2.07. The fourth-order valence-electron chi connectivity index (χ4n) is 2.62. The van der Waals surface area contributed by atoms with Crippen LogP contribution in [0.5, 0.6) is 11.5 Å². The van der Waals surface area contributed by atoms with Crippen LogP contribution in [-0.2, 0) is 13.2 Å². The van der Waals surface area contributed by atoms with Crippen molar-refractivity contribution in [3.05, 3.63) is 59.2 Å². The predicted molar refractivity (Wildman–Crippen MR) is 89.9 cm³/mol. The zero-order valence-corrected chi connectivity index (χ0v) is 13.4. The Morgan fingerprint density at radius 1 is 1.09 bits per heavy atom. The van der Waals surface area contributed by atoms with Crippen LogP contribution in [0.1, 0.15) is 12.5 Å². The fourth-order valence-corrected chi connectivity index (χ4v) is 2.91. The van der Waals surface area contributed by atoms with Gasteiger partial charge in [-0.2, -0.15) is 0 Å². The number of nitrogens with zero attached hydrogens (tertiary/aromatic N) is 1. The number of ether oxygens (including phenoxy) is 2. The van der Waals surface area contributed by atoms with Crippen LogP contribution in [0.3, 0.4) is 0 Å². The Hall–Kier alpha value is -2.13. The van der Waals surface area contributed by atoms with Gasteiger partial charge < -0.3 is 14.0 Å². The monoisotopic (exact) mass is 315 g/mol. The molecule has 0 saturated carbocycles. The van der Waals surface area contributed by atoms with Crippen molar-refractivity contribution in [1.29, 1.82) is 0 Å². The largest absolute Gasteiger partial charge is 0.497 e. The van der Waals surface area contributed by atoms with E-state index < -0.39 is 0 Å². The number of aryl methyl sites for hydroxylation is 1. The molecule has 0 N–H and O–H groups in total. The van der Waals surface area contributed by atoms with Crippen molar-refractivity contribution in [2.24, 2.45) is 0 Å². The first-order chi connectivity index (χ1) is 10.7. The van der Waals surface area contributed by atoms with Crippen LogP contribution in [0.15, 0.2) is 48.7 Å². The second-order valence-corrected chi connectivity index (χ2v) is 5.45. The first kappa shape index (κ1) is 14.8. The first-order valence-electron chi connectivity index (χ1n) is 7.26. The second-order valence-electron chi connectivity index (χ2n) is 5.04. The van der Waals surface area contributed by atoms with Crippen LogP contribution in [0.2, 0.25) is 5.02 Å². The third-order valence-electron chi connectivity index (χ3n) is 3.71. The van der Waals surface area contributed by atoms with Crippen LogP contribution in [0.25, 0.3) is 10.9 Å². The van der Waals surface area contributed by atoms with Crippen molar-refractivity contribution in [3.63, 3.8) is 0 Å². The second kappa shape index (κ2) is 6.32. The molecule has 1 heterocycles. The van der Waals surface area contributed by atoms with Gasteiger partial charge in [0.1, 0.15) is 18.1 Å². The summed E-state index contributed by atoms with van der Waals surface area (Å²) in [6, 6.07) is 13.6. The summed E-state index contributed by atoms with van der Waals surface area (Å²) in [7, 11) is 1.65. The fraction of sp³-hybridized carbons (Fsp3) is 0.222. The normalized spacial score (nSPS) is 10.9. The van der Waals surface area contributed by atoms with E-state index in [0.717, 1.165) is 39.5 Å². The van der Waals surface area contributed by atoms with Crippen molar-refractivity contribution in [2.75, 3.05) is 7.11 Å². The highest BCUT2D eigenvalue weighted by atomic mass is 35.5. The van der Waals surface area contributed by atoms with Gasteiger partial charge in [-0.3, -0.25) is 0 Å². The van der Waals surface area contributed by atoms with Gasteiger partial charge in [0.2, 0.25) is 0 Å². The van der Waals surface area contributed by atoms with Gasteiger partial charge in [0, 0.05) is 35.3 Å². The topological polar surface area (TPSA) is 23.4 Å². The van der Waals surface area contributed by atoms with Crippen molar-refractivity contribution in [2.45, 2.75) is 20.1 Å². The van der Waals surface area contributed by atoms with Crippen LogP contribution >= 0.6 is 11.6 Å². The lowest BCUT2D eigenvalue weighted by Crippen LogP contribution is -1.95. The van der Waals surface area contributed by atoms with E-state index in [0.29, 0.717) is 6.61 Å². The molecule has 22 heavy (non-hydrogen) atoms. The summed E-state index contributed by atoms with van der Waals surface area (Å²) in [5, 5.41) is 1.82. The molecule has 4 heteroatoms. The van der Waals surface area contributed by atoms with E-state index in [1.807, 2.05) is 36.4 Å². The van der Waals surface area contributed by atoms with Crippen molar-refractivity contribution in [3.8, 4) is 11.5 Å². The van der Waals surface area contributed by atoms with E-state index >= 15 is 0 Å². The molecule has 0 fully saturated rings. The molecule has 0 aliphatic rings. The highest BCUT2D eigenvalue weighted by molar-refractivity contribution is 6.35. The van der Waals surface area contributed by atoms with Gasteiger partial charge in [-0.05, 0) is 31.2 Å². The molecule has 0 unspecified atom stereocenters. The molecule has 3 rings (SSSR count). The van der Waals surface area contributed by atoms with Gasteiger partial charge in [0.25, 0.3) is 0 Å². The Bertz CT molecular complexity index is 795. The third-order valence-corrected chi connectivity index (χ3v) is 4.03. The summed E-state index contributed by atoms with van der Waals surface area (Å²) in [5.74, 6) is 1.57. The van der Waals surface area contributed by atoms with E-state index in [-0.39, 0.29) is 0 Å². The molecule has 3 nitrogen and oxygen atoms in total. The molecule has 0 aliphatic carbocycles. The number of hydrogen-bond donors (Lipinski definition) is 0. The quantitative estimate of drug-likeness (QED) is 0.668. The van der Waals surface area contributed by atoms with Gasteiger partial charge >= 0.3 is 0 Å². The van der Waals surface area contributed by atoms with Crippen LogP contribution < -0.4 is 9.47 Å². The molecule has 1 aromatic heterocycles. The number of rotatable bonds is 5. The number of halogens is 1. The molecule has 0 aliphatic heterocycles. The average Bonchev–Trinajstić information content (AvgIpc) is 2.92. The summed E-state index contributed by atoms with van der Waals surface area (Å²) in [4.78, 5) is 0. The van der Waals surface area contributed by atoms with E-state index in [9.17, 15) is 0 Å². The minimum atomic E-state index is 0.473. The van der Waals surface area contributed by atoms with Crippen molar-refractivity contribution >= 4 is 22.5 Å². The first-order valence-corrected chi connectivity index (χ1v) is 7.63.